The van der Waals surface area contributed by atoms with Gasteiger partial charge in [-0.2, -0.15) is 0 Å². The van der Waals surface area contributed by atoms with Crippen molar-refractivity contribution < 1.29 is 71.2 Å². The molecule has 2 N–H and O–H groups in total. The molecule has 0 saturated carbocycles. The first kappa shape index (κ1) is 17.0. The van der Waals surface area contributed by atoms with Gasteiger partial charge < -0.3 is 20.0 Å². The number of hydrogen-bond donors (Lipinski definition) is 2. The van der Waals surface area contributed by atoms with E-state index in [9.17, 15) is 24.3 Å². The number of nitrogens with one attached hydrogen (secondary N) is 1. The summed E-state index contributed by atoms with van der Waals surface area (Å²) < 4.78 is 0.517. The van der Waals surface area contributed by atoms with Crippen LogP contribution in [0.5, 0.6) is 0 Å². The van der Waals surface area contributed by atoms with Crippen LogP contribution in [0.2, 0.25) is 0 Å². The summed E-state index contributed by atoms with van der Waals surface area (Å²) in [6.45, 7) is 3.05. The molecule has 0 fully saturated rings. The van der Waals surface area contributed by atoms with E-state index in [2.05, 4.69) is 6.58 Å². The maximum Gasteiger partial charge on any atom is 1.00 e. The summed E-state index contributed by atoms with van der Waals surface area (Å²) in [5, 5.41) is 19.3. The largest absolute Gasteiger partial charge is 1.00 e. The monoisotopic (exact) mass is 278 g/mol. The Morgan fingerprint density at radius 2 is 2.00 bits per heavy atom. The van der Waals surface area contributed by atoms with Gasteiger partial charge in [-0.3, -0.25) is 9.36 Å². The molecule has 0 spiro atoms. The summed E-state index contributed by atoms with van der Waals surface area (Å²) in [4.78, 5) is 46.0. The van der Waals surface area contributed by atoms with Gasteiger partial charge in [0.15, 0.2) is 5.56 Å². The van der Waals surface area contributed by atoms with E-state index in [0.29, 0.717) is 4.57 Å². The minimum atomic E-state index is -1.94. The maximum atomic E-state index is 11.6. The van der Waals surface area contributed by atoms with E-state index < -0.39 is 34.4 Å². The number of aromatic carboxylic acids is 2. The van der Waals surface area contributed by atoms with Crippen molar-refractivity contribution in [2.75, 3.05) is 0 Å². The molecule has 0 atom stereocenters. The second-order valence-corrected chi connectivity index (χ2v) is 2.98. The van der Waals surface area contributed by atoms with Crippen molar-refractivity contribution in [1.29, 1.82) is 0 Å². The Balaban J connectivity index is 0.00000289. The van der Waals surface area contributed by atoms with Crippen LogP contribution in [0.4, 0.5) is 0 Å². The van der Waals surface area contributed by atoms with Crippen LogP contribution in [0.25, 0.3) is 0 Å². The van der Waals surface area contributed by atoms with Crippen LogP contribution in [-0.2, 0) is 6.54 Å². The van der Waals surface area contributed by atoms with Crippen LogP contribution < -0.4 is 67.7 Å². The average molecular weight is 278 g/mol. The van der Waals surface area contributed by atoms with E-state index in [1.54, 1.807) is 4.98 Å². The molecule has 1 aromatic heterocycles. The Kier molecular flexibility index (Phi) is 6.42. The molecule has 0 saturated heterocycles. The van der Waals surface area contributed by atoms with E-state index in [4.69, 9.17) is 5.11 Å². The predicted molar refractivity (Wildman–Crippen MR) is 52.8 cm³/mol. The van der Waals surface area contributed by atoms with Gasteiger partial charge >= 0.3 is 63.0 Å². The van der Waals surface area contributed by atoms with E-state index in [1.165, 1.54) is 6.08 Å². The van der Waals surface area contributed by atoms with E-state index in [0.717, 1.165) is 0 Å². The third-order valence-corrected chi connectivity index (χ3v) is 1.92. The summed E-state index contributed by atoms with van der Waals surface area (Å²) in [5.74, 6) is -3.70. The Hall–Kier alpha value is -1.00. The van der Waals surface area contributed by atoms with Gasteiger partial charge in [0.2, 0.25) is 0 Å². The number of carbonyl (C=O) groups is 2. The van der Waals surface area contributed by atoms with Crippen LogP contribution >= 0.6 is 0 Å². The molecule has 8 nitrogen and oxygen atoms in total. The van der Waals surface area contributed by atoms with Gasteiger partial charge in [0.25, 0.3) is 5.56 Å². The number of nitrogens with zero attached hydrogens (tertiary/aromatic N) is 1. The topological polar surface area (TPSA) is 132 Å². The van der Waals surface area contributed by atoms with Crippen molar-refractivity contribution in [2.45, 2.75) is 6.54 Å². The van der Waals surface area contributed by atoms with Crippen LogP contribution in [0.1, 0.15) is 20.8 Å². The zero-order valence-corrected chi connectivity index (χ0v) is 12.6. The van der Waals surface area contributed by atoms with Crippen molar-refractivity contribution in [3.63, 3.8) is 0 Å². The molecular weight excluding hydrogens is 271 g/mol. The van der Waals surface area contributed by atoms with Crippen LogP contribution in [-0.4, -0.2) is 26.6 Å². The molecule has 0 unspecified atom stereocenters. The van der Waals surface area contributed by atoms with E-state index >= 15 is 0 Å². The fraction of sp³-hybridized carbons (Fsp3) is 0.111. The Labute approximate surface area is 142 Å². The molecule has 0 bridgehead atoms. The van der Waals surface area contributed by atoms with Crippen molar-refractivity contribution >= 4 is 11.9 Å². The number of aromatic amines is 1. The molecule has 1 rings (SSSR count). The molecule has 0 aliphatic carbocycles. The third kappa shape index (κ3) is 3.26. The fourth-order valence-corrected chi connectivity index (χ4v) is 1.22. The molecule has 1 heterocycles. The second-order valence-electron chi connectivity index (χ2n) is 2.98. The van der Waals surface area contributed by atoms with Crippen LogP contribution in [0.15, 0.2) is 22.2 Å². The number of carboxylic acid groups (broad SMARTS) is 2. The van der Waals surface area contributed by atoms with Gasteiger partial charge in [-0.15, -0.1) is 6.58 Å². The number of rotatable bonds is 4. The minimum Gasteiger partial charge on any atom is -0.543 e. The van der Waals surface area contributed by atoms with Gasteiger partial charge in [0, 0.05) is 6.54 Å². The van der Waals surface area contributed by atoms with Crippen molar-refractivity contribution in [1.82, 2.24) is 9.55 Å². The smallest absolute Gasteiger partial charge is 0.543 e. The van der Waals surface area contributed by atoms with Crippen LogP contribution in [0, 0.1) is 0 Å². The molecule has 1 aromatic rings. The number of allylic oxidation sites excluding steroid dienone is 1. The molecule has 0 aromatic carbocycles. The summed E-state index contributed by atoms with van der Waals surface area (Å²) >= 11 is 0. The van der Waals surface area contributed by atoms with Gasteiger partial charge in [0.1, 0.15) is 0 Å². The zero-order valence-electron chi connectivity index (χ0n) is 9.43. The first-order valence-corrected chi connectivity index (χ1v) is 4.32. The Bertz CT molecular complexity index is 614. The standard InChI is InChI=1S/C9H8N2O6.K/c1-2-3-11-6(12)4(7(13)14)5(8(15)16)10-9(11)17;/h2H,1,3H2,(H,10,17)(H,13,14)(H,15,16);/q;+1/p-1. The molecule has 18 heavy (non-hydrogen) atoms. The number of carboxylic acids is 2. The van der Waals surface area contributed by atoms with Gasteiger partial charge in [0.05, 0.1) is 11.7 Å². The summed E-state index contributed by atoms with van der Waals surface area (Å²) in [6.07, 6.45) is 1.20. The van der Waals surface area contributed by atoms with Crippen molar-refractivity contribution in [3.05, 3.63) is 44.8 Å². The summed E-state index contributed by atoms with van der Waals surface area (Å²) in [6, 6.07) is 0. The first-order chi connectivity index (χ1) is 7.90. The van der Waals surface area contributed by atoms with Gasteiger partial charge in [-0.05, 0) is 0 Å². The zero-order chi connectivity index (χ0) is 13.2. The second kappa shape index (κ2) is 6.80. The maximum absolute atomic E-state index is 11.6. The molecule has 90 valence electrons. The Morgan fingerprint density at radius 1 is 1.44 bits per heavy atom. The number of H-pyrrole nitrogens is 1. The van der Waals surface area contributed by atoms with E-state index in [1.807, 2.05) is 0 Å². The Morgan fingerprint density at radius 3 is 2.39 bits per heavy atom. The number of aromatic nitrogens is 2. The number of carbonyl (C=O) groups excluding carboxylic acids is 1. The SMILES string of the molecule is C=CCn1c(=O)[nH]c(C(=O)[O-])c(C(=O)O)c1=O.[K+]. The molecule has 0 radical (unpaired) electrons. The predicted octanol–water partition coefficient (Wildman–Crippen LogP) is -5.21. The summed E-state index contributed by atoms with van der Waals surface area (Å²) in [7, 11) is 0. The van der Waals surface area contributed by atoms with Crippen molar-refractivity contribution in [3.8, 4) is 0 Å². The molecule has 0 aliphatic heterocycles. The summed E-state index contributed by atoms with van der Waals surface area (Å²) in [5.41, 5.74) is -4.36. The van der Waals surface area contributed by atoms with Crippen molar-refractivity contribution in [2.24, 2.45) is 0 Å². The quantitative estimate of drug-likeness (QED) is 0.418. The molecule has 0 amide bonds. The fourth-order valence-electron chi connectivity index (χ4n) is 1.22. The number of hydrogen-bond acceptors (Lipinski definition) is 5. The third-order valence-electron chi connectivity index (χ3n) is 1.92. The van der Waals surface area contributed by atoms with Gasteiger partial charge in [-0.1, -0.05) is 6.08 Å². The normalized spacial score (nSPS) is 9.33. The molecule has 9 heteroatoms. The molecular formula is C9H7KN2O6. The van der Waals surface area contributed by atoms with Crippen LogP contribution in [0.3, 0.4) is 0 Å². The van der Waals surface area contributed by atoms with E-state index in [-0.39, 0.29) is 57.9 Å². The average Bonchev–Trinajstić information content (AvgIpc) is 2.22. The van der Waals surface area contributed by atoms with Gasteiger partial charge in [-0.25, -0.2) is 9.59 Å². The first-order valence-electron chi connectivity index (χ1n) is 4.32. The minimum absolute atomic E-state index is 0. The molecule has 0 aliphatic rings.